The summed E-state index contributed by atoms with van der Waals surface area (Å²) in [7, 11) is 0. The summed E-state index contributed by atoms with van der Waals surface area (Å²) in [5.74, 6) is 1.53. The average Bonchev–Trinajstić information content (AvgIpc) is 3.36. The topological polar surface area (TPSA) is 72.4 Å². The van der Waals surface area contributed by atoms with Crippen LogP contribution in [0.25, 0.3) is 11.7 Å². The van der Waals surface area contributed by atoms with Crippen LogP contribution in [0.15, 0.2) is 56.1 Å². The Morgan fingerprint density at radius 2 is 2.04 bits per heavy atom. The molecule has 4 rings (SSSR count). The highest BCUT2D eigenvalue weighted by molar-refractivity contribution is 9.10. The number of rotatable bonds is 6. The molecule has 1 aromatic carbocycles. The molecule has 3 heterocycles. The molecule has 1 fully saturated rings. The highest BCUT2D eigenvalue weighted by atomic mass is 79.9. The Hall–Kier alpha value is -2.41. The molecule has 0 aliphatic carbocycles. The Morgan fingerprint density at radius 1 is 1.19 bits per heavy atom. The van der Waals surface area contributed by atoms with Crippen LogP contribution in [0.4, 0.5) is 0 Å². The lowest BCUT2D eigenvalue weighted by Gasteiger charge is -2.15. The van der Waals surface area contributed by atoms with Gasteiger partial charge in [-0.05, 0) is 46.5 Å². The predicted octanol–water partition coefficient (Wildman–Crippen LogP) is 4.04. The Balaban J connectivity index is 1.35. The zero-order valence-corrected chi connectivity index (χ0v) is 15.7. The van der Waals surface area contributed by atoms with Crippen LogP contribution < -0.4 is 0 Å². The quantitative estimate of drug-likeness (QED) is 0.607. The van der Waals surface area contributed by atoms with Crippen molar-refractivity contribution in [1.29, 1.82) is 0 Å². The average molecular weight is 416 g/mol. The van der Waals surface area contributed by atoms with Gasteiger partial charge in [0.1, 0.15) is 0 Å². The molecule has 1 saturated heterocycles. The van der Waals surface area contributed by atoms with E-state index >= 15 is 0 Å². The third kappa shape index (κ3) is 3.72. The van der Waals surface area contributed by atoms with E-state index in [1.807, 2.05) is 23.1 Å². The maximum Gasteiger partial charge on any atom is 0.293 e. The number of hydrogen-bond donors (Lipinski definition) is 0. The van der Waals surface area contributed by atoms with E-state index in [1.165, 1.54) is 5.56 Å². The second-order valence-corrected chi connectivity index (χ2v) is 7.17. The number of benzene rings is 1. The van der Waals surface area contributed by atoms with Crippen LogP contribution in [0.2, 0.25) is 0 Å². The Morgan fingerprint density at radius 3 is 2.81 bits per heavy atom. The molecule has 0 spiro atoms. The van der Waals surface area contributed by atoms with Gasteiger partial charge in [-0.25, -0.2) is 0 Å². The van der Waals surface area contributed by atoms with Crippen LogP contribution in [0, 0.1) is 0 Å². The molecule has 1 aliphatic heterocycles. The molecule has 1 atom stereocenters. The van der Waals surface area contributed by atoms with Crippen molar-refractivity contribution in [3.63, 3.8) is 0 Å². The first-order valence-electron chi connectivity index (χ1n) is 8.60. The van der Waals surface area contributed by atoms with Crippen molar-refractivity contribution in [1.82, 2.24) is 15.0 Å². The molecule has 0 saturated carbocycles. The molecular formula is C19H18BrN3O3. The van der Waals surface area contributed by atoms with Gasteiger partial charge in [-0.1, -0.05) is 35.5 Å². The van der Waals surface area contributed by atoms with Crippen LogP contribution >= 0.6 is 15.9 Å². The summed E-state index contributed by atoms with van der Waals surface area (Å²) >= 11 is 3.25. The lowest BCUT2D eigenvalue weighted by molar-refractivity contribution is -0.127. The number of aromatic nitrogens is 2. The van der Waals surface area contributed by atoms with Crippen molar-refractivity contribution in [3.05, 3.63) is 58.5 Å². The predicted molar refractivity (Wildman–Crippen MR) is 98.4 cm³/mol. The van der Waals surface area contributed by atoms with Gasteiger partial charge in [-0.2, -0.15) is 4.98 Å². The van der Waals surface area contributed by atoms with E-state index in [1.54, 1.807) is 12.1 Å². The number of furan rings is 1. The number of carbonyl (C=O) groups excluding carboxylic acids is 1. The molecule has 1 unspecified atom stereocenters. The Kier molecular flexibility index (Phi) is 4.88. The minimum absolute atomic E-state index is 0.0323. The summed E-state index contributed by atoms with van der Waals surface area (Å²) in [5, 5.41) is 4.04. The van der Waals surface area contributed by atoms with Gasteiger partial charge < -0.3 is 13.8 Å². The molecule has 3 aromatic rings. The first-order chi connectivity index (χ1) is 12.7. The lowest BCUT2D eigenvalue weighted by atomic mass is 10.1. The van der Waals surface area contributed by atoms with E-state index in [4.69, 9.17) is 8.94 Å². The number of halogens is 1. The van der Waals surface area contributed by atoms with Gasteiger partial charge in [0.2, 0.25) is 5.91 Å². The summed E-state index contributed by atoms with van der Waals surface area (Å²) in [4.78, 5) is 18.6. The van der Waals surface area contributed by atoms with E-state index < -0.39 is 0 Å². The molecule has 134 valence electrons. The van der Waals surface area contributed by atoms with Gasteiger partial charge in [0.25, 0.3) is 5.89 Å². The third-order valence-electron chi connectivity index (χ3n) is 4.54. The molecule has 1 amide bonds. The van der Waals surface area contributed by atoms with Crippen molar-refractivity contribution in [2.75, 3.05) is 13.1 Å². The third-order valence-corrected chi connectivity index (χ3v) is 4.97. The number of aryl methyl sites for hydroxylation is 1. The minimum atomic E-state index is -0.0323. The molecule has 6 nitrogen and oxygen atoms in total. The number of likely N-dealkylation sites (tertiary alicyclic amines) is 1. The van der Waals surface area contributed by atoms with Gasteiger partial charge in [0.05, 0.1) is 0 Å². The molecule has 0 radical (unpaired) electrons. The first-order valence-corrected chi connectivity index (χ1v) is 9.39. The highest BCUT2D eigenvalue weighted by Crippen LogP contribution is 2.29. The SMILES string of the molecule is O=C1CC(c2noc(-c3ccc(Br)o3)n2)CN1CCCc1ccccc1. The molecule has 2 aromatic heterocycles. The minimum Gasteiger partial charge on any atom is -0.444 e. The summed E-state index contributed by atoms with van der Waals surface area (Å²) < 4.78 is 11.3. The fourth-order valence-corrected chi connectivity index (χ4v) is 3.52. The van der Waals surface area contributed by atoms with Gasteiger partial charge >= 0.3 is 0 Å². The van der Waals surface area contributed by atoms with Gasteiger partial charge in [-0.3, -0.25) is 4.79 Å². The van der Waals surface area contributed by atoms with E-state index in [0.29, 0.717) is 35.1 Å². The summed E-state index contributed by atoms with van der Waals surface area (Å²) in [5.41, 5.74) is 1.29. The maximum atomic E-state index is 12.3. The summed E-state index contributed by atoms with van der Waals surface area (Å²) in [6, 6.07) is 13.9. The van der Waals surface area contributed by atoms with Crippen molar-refractivity contribution in [3.8, 4) is 11.7 Å². The maximum absolute atomic E-state index is 12.3. The van der Waals surface area contributed by atoms with Crippen LogP contribution in [-0.2, 0) is 11.2 Å². The second kappa shape index (κ2) is 7.45. The Bertz CT molecular complexity index is 890. The zero-order chi connectivity index (χ0) is 17.9. The molecule has 1 aliphatic rings. The molecule has 0 N–H and O–H groups in total. The van der Waals surface area contributed by atoms with Gasteiger partial charge in [-0.15, -0.1) is 0 Å². The molecule has 0 bridgehead atoms. The summed E-state index contributed by atoms with van der Waals surface area (Å²) in [6.45, 7) is 1.38. The standard InChI is InChI=1S/C19H18BrN3O3/c20-16-9-8-15(25-16)19-21-18(22-26-19)14-11-17(24)23(12-14)10-4-7-13-5-2-1-3-6-13/h1-3,5-6,8-9,14H,4,7,10-12H2. The van der Waals surface area contributed by atoms with Gasteiger partial charge in [0, 0.05) is 25.4 Å². The van der Waals surface area contributed by atoms with Gasteiger partial charge in [0.15, 0.2) is 16.3 Å². The number of nitrogens with zero attached hydrogens (tertiary/aromatic N) is 3. The van der Waals surface area contributed by atoms with Crippen LogP contribution in [0.3, 0.4) is 0 Å². The fraction of sp³-hybridized carbons (Fsp3) is 0.316. The van der Waals surface area contributed by atoms with E-state index in [9.17, 15) is 4.79 Å². The van der Waals surface area contributed by atoms with Crippen LogP contribution in [0.1, 0.15) is 30.1 Å². The Labute approximate surface area is 159 Å². The molecular weight excluding hydrogens is 398 g/mol. The van der Waals surface area contributed by atoms with Crippen LogP contribution in [0.5, 0.6) is 0 Å². The largest absolute Gasteiger partial charge is 0.444 e. The van der Waals surface area contributed by atoms with E-state index in [-0.39, 0.29) is 11.8 Å². The molecule has 7 heteroatoms. The van der Waals surface area contributed by atoms with Crippen molar-refractivity contribution >= 4 is 21.8 Å². The van der Waals surface area contributed by atoms with Crippen LogP contribution in [-0.4, -0.2) is 34.0 Å². The summed E-state index contributed by atoms with van der Waals surface area (Å²) in [6.07, 6.45) is 2.33. The zero-order valence-electron chi connectivity index (χ0n) is 14.1. The monoisotopic (exact) mass is 415 g/mol. The van der Waals surface area contributed by atoms with E-state index in [0.717, 1.165) is 19.4 Å². The van der Waals surface area contributed by atoms with E-state index in [2.05, 4.69) is 38.2 Å². The second-order valence-electron chi connectivity index (χ2n) is 6.39. The normalized spacial score (nSPS) is 17.2. The molecule has 26 heavy (non-hydrogen) atoms. The lowest BCUT2D eigenvalue weighted by Crippen LogP contribution is -2.26. The fourth-order valence-electron chi connectivity index (χ4n) is 3.21. The van der Waals surface area contributed by atoms with Crippen molar-refractivity contribution in [2.24, 2.45) is 0 Å². The number of hydrogen-bond acceptors (Lipinski definition) is 5. The van der Waals surface area contributed by atoms with Crippen molar-refractivity contribution in [2.45, 2.75) is 25.2 Å². The number of carbonyl (C=O) groups is 1. The van der Waals surface area contributed by atoms with Crippen molar-refractivity contribution < 1.29 is 13.7 Å². The first kappa shape index (κ1) is 17.0. The number of amides is 1. The highest BCUT2D eigenvalue weighted by Gasteiger charge is 2.33. The smallest absolute Gasteiger partial charge is 0.293 e.